The van der Waals surface area contributed by atoms with Crippen LogP contribution < -0.4 is 0 Å². The van der Waals surface area contributed by atoms with E-state index in [1.165, 1.54) is 12.1 Å². The molecule has 8 heteroatoms. The molecule has 0 fully saturated rings. The Kier molecular flexibility index (Phi) is 4.23. The van der Waals surface area contributed by atoms with Gasteiger partial charge in [0.05, 0.1) is 28.8 Å². The second kappa shape index (κ2) is 5.67. The van der Waals surface area contributed by atoms with Crippen molar-refractivity contribution in [1.82, 2.24) is 0 Å². The molecule has 0 bridgehead atoms. The number of halogens is 4. The zero-order valence-electron chi connectivity index (χ0n) is 9.38. The second-order valence-corrected chi connectivity index (χ2v) is 3.33. The molecule has 1 rings (SSSR count). The van der Waals surface area contributed by atoms with Crippen molar-refractivity contribution < 1.29 is 17.6 Å². The Morgan fingerprint density at radius 3 is 1.65 bits per heavy atom. The van der Waals surface area contributed by atoms with Gasteiger partial charge in [0, 0.05) is 0 Å². The van der Waals surface area contributed by atoms with Gasteiger partial charge in [-0.25, -0.2) is 23.4 Å². The van der Waals surface area contributed by atoms with Crippen molar-refractivity contribution in [2.45, 2.75) is 5.92 Å². The largest absolute Gasteiger partial charge is 0.762 e. The molecule has 0 aliphatic carbocycles. The second-order valence-electron chi connectivity index (χ2n) is 3.33. The predicted molar refractivity (Wildman–Crippen MR) is 57.6 cm³/mol. The van der Waals surface area contributed by atoms with Crippen molar-refractivity contribution in [2.24, 2.45) is 0 Å². The summed E-state index contributed by atoms with van der Waals surface area (Å²) in [6, 6.07) is 3.43. The molecule has 0 radical (unpaired) electrons. The Balaban J connectivity index is 3.88. The Labute approximate surface area is 109 Å². The minimum Gasteiger partial charge on any atom is -0.762 e. The third-order valence-electron chi connectivity index (χ3n) is 2.32. The predicted octanol–water partition coefficient (Wildman–Crippen LogP) is 2.52. The van der Waals surface area contributed by atoms with E-state index in [-0.39, 0.29) is 0 Å². The minimum atomic E-state index is -2.07. The third-order valence-corrected chi connectivity index (χ3v) is 2.32. The molecule has 0 aliphatic rings. The van der Waals surface area contributed by atoms with Gasteiger partial charge in [-0.05, 0) is 0 Å². The van der Waals surface area contributed by atoms with E-state index in [9.17, 15) is 17.6 Å². The normalized spacial score (nSPS) is 9.30. The first-order valence-electron chi connectivity index (χ1n) is 4.77. The quantitative estimate of drug-likeness (QED) is 0.359. The van der Waals surface area contributed by atoms with Crippen LogP contribution in [0, 0.1) is 57.3 Å². The van der Waals surface area contributed by atoms with Gasteiger partial charge in [0.2, 0.25) is 0 Å². The molecular weight excluding hydrogens is 276 g/mol. The topological polar surface area (TPSA) is 93.7 Å². The molecule has 0 aliphatic heterocycles. The molecule has 98 valence electrons. The summed E-state index contributed by atoms with van der Waals surface area (Å²) in [7, 11) is 0. The summed E-state index contributed by atoms with van der Waals surface area (Å²) in [4.78, 5) is 0. The van der Waals surface area contributed by atoms with E-state index in [4.69, 9.17) is 21.2 Å². The molecular formula is C12HF4N4-. The SMILES string of the molecule is N#CC(=C=[N-])c1c(F)c(F)c(C(C#N)C#N)c(F)c1F. The standard InChI is InChI=1S/C12HF4N4/c13-9-7(5(1-17)2-18)10(14)12(16)8(11(9)15)6(3-19)4-20/h5H/q-1. The van der Waals surface area contributed by atoms with Gasteiger partial charge in [0.15, 0.2) is 29.2 Å². The third kappa shape index (κ3) is 2.10. The van der Waals surface area contributed by atoms with E-state index in [1.54, 1.807) is 0 Å². The number of rotatable bonds is 2. The first-order valence-corrected chi connectivity index (χ1v) is 4.77. The lowest BCUT2D eigenvalue weighted by Crippen LogP contribution is -2.10. The zero-order chi connectivity index (χ0) is 15.4. The number of benzene rings is 1. The zero-order valence-corrected chi connectivity index (χ0v) is 9.38. The first kappa shape index (κ1) is 14.9. The Bertz CT molecular complexity index is 715. The number of allylic oxidation sites excluding steroid dienone is 1. The Hall–Kier alpha value is -3.14. The van der Waals surface area contributed by atoms with Crippen LogP contribution in [0.5, 0.6) is 0 Å². The van der Waals surface area contributed by atoms with Crippen LogP contribution in [0.15, 0.2) is 0 Å². The van der Waals surface area contributed by atoms with Gasteiger partial charge in [-0.1, -0.05) is 0 Å². The van der Waals surface area contributed by atoms with Crippen LogP contribution in [0.2, 0.25) is 0 Å². The molecule has 0 spiro atoms. The Morgan fingerprint density at radius 1 is 0.900 bits per heavy atom. The van der Waals surface area contributed by atoms with Crippen molar-refractivity contribution in [3.05, 3.63) is 39.8 Å². The van der Waals surface area contributed by atoms with Crippen molar-refractivity contribution in [2.75, 3.05) is 0 Å². The fourth-order valence-electron chi connectivity index (χ4n) is 1.42. The number of nitrogens with zero attached hydrogens (tertiary/aromatic N) is 4. The molecule has 4 nitrogen and oxygen atoms in total. The smallest absolute Gasteiger partial charge is 0.171 e. The minimum absolute atomic E-state index is 1.09. The van der Waals surface area contributed by atoms with Crippen LogP contribution in [0.1, 0.15) is 17.0 Å². The molecule has 0 unspecified atom stereocenters. The number of nitriles is 3. The summed E-state index contributed by atoms with van der Waals surface area (Å²) in [5.74, 6) is -8.97. The average Bonchev–Trinajstić information content (AvgIpc) is 2.46. The van der Waals surface area contributed by atoms with Gasteiger partial charge in [-0.3, -0.25) is 0 Å². The van der Waals surface area contributed by atoms with Crippen molar-refractivity contribution in [3.8, 4) is 18.2 Å². The average molecular weight is 277 g/mol. The highest BCUT2D eigenvalue weighted by Crippen LogP contribution is 2.31. The maximum atomic E-state index is 13.6. The summed E-state index contributed by atoms with van der Waals surface area (Å²) in [6.45, 7) is 0. The van der Waals surface area contributed by atoms with Gasteiger partial charge in [-0.2, -0.15) is 15.8 Å². The molecule has 0 saturated carbocycles. The van der Waals surface area contributed by atoms with E-state index >= 15 is 0 Å². The maximum absolute atomic E-state index is 13.6. The highest BCUT2D eigenvalue weighted by atomic mass is 19.2. The molecule has 0 atom stereocenters. The van der Waals surface area contributed by atoms with Crippen LogP contribution in [0.4, 0.5) is 17.6 Å². The Morgan fingerprint density at radius 2 is 1.35 bits per heavy atom. The van der Waals surface area contributed by atoms with E-state index in [0.717, 1.165) is 11.9 Å². The van der Waals surface area contributed by atoms with Crippen LogP contribution >= 0.6 is 0 Å². The molecule has 0 saturated heterocycles. The molecule has 0 aromatic heterocycles. The lowest BCUT2D eigenvalue weighted by atomic mass is 9.96. The van der Waals surface area contributed by atoms with E-state index in [2.05, 4.69) is 0 Å². The first-order chi connectivity index (χ1) is 9.44. The maximum Gasteiger partial charge on any atom is 0.171 e. The van der Waals surface area contributed by atoms with Crippen LogP contribution in [0.3, 0.4) is 0 Å². The van der Waals surface area contributed by atoms with E-state index < -0.39 is 45.9 Å². The summed E-state index contributed by atoms with van der Waals surface area (Å²) in [5.41, 5.74) is -4.04. The van der Waals surface area contributed by atoms with Gasteiger partial charge in [0.25, 0.3) is 0 Å². The van der Waals surface area contributed by atoms with Crippen molar-refractivity contribution in [1.29, 1.82) is 15.8 Å². The van der Waals surface area contributed by atoms with Crippen LogP contribution in [0.25, 0.3) is 11.0 Å². The molecule has 0 N–H and O–H groups in total. The van der Waals surface area contributed by atoms with Crippen molar-refractivity contribution in [3.63, 3.8) is 0 Å². The van der Waals surface area contributed by atoms with Crippen molar-refractivity contribution >= 4 is 11.4 Å². The molecule has 1 aromatic carbocycles. The number of hydrogen-bond donors (Lipinski definition) is 0. The highest BCUT2D eigenvalue weighted by molar-refractivity contribution is 5.98. The van der Waals surface area contributed by atoms with Crippen LogP contribution in [-0.4, -0.2) is 5.87 Å². The fourth-order valence-corrected chi connectivity index (χ4v) is 1.42. The highest BCUT2D eigenvalue weighted by Gasteiger charge is 2.31. The summed E-state index contributed by atoms with van der Waals surface area (Å²) in [6.07, 6.45) is 0. The van der Waals surface area contributed by atoms with Gasteiger partial charge in [-0.15, -0.1) is 0 Å². The van der Waals surface area contributed by atoms with Gasteiger partial charge in [0.1, 0.15) is 6.07 Å². The fraction of sp³-hybridized carbons (Fsp3) is 0.0833. The summed E-state index contributed by atoms with van der Waals surface area (Å²) in [5, 5.41) is 34.0. The molecule has 1 aromatic rings. The van der Waals surface area contributed by atoms with E-state index in [0.29, 0.717) is 0 Å². The molecule has 0 heterocycles. The number of hydrogen-bond acceptors (Lipinski definition) is 3. The molecule has 20 heavy (non-hydrogen) atoms. The van der Waals surface area contributed by atoms with Crippen LogP contribution in [-0.2, 0) is 0 Å². The summed E-state index contributed by atoms with van der Waals surface area (Å²) >= 11 is 0. The monoisotopic (exact) mass is 277 g/mol. The lowest BCUT2D eigenvalue weighted by molar-refractivity contribution is 0.437. The lowest BCUT2D eigenvalue weighted by Gasteiger charge is -2.11. The van der Waals surface area contributed by atoms with E-state index in [1.807, 2.05) is 0 Å². The van der Waals surface area contributed by atoms with Gasteiger partial charge < -0.3 is 5.41 Å². The van der Waals surface area contributed by atoms with Gasteiger partial charge >= 0.3 is 0 Å². The molecule has 0 amide bonds. The summed E-state index contributed by atoms with van der Waals surface area (Å²) < 4.78 is 54.6.